The molecule has 1 heteroatoms. The van der Waals surface area contributed by atoms with E-state index in [1.165, 1.54) is 22.3 Å². The van der Waals surface area contributed by atoms with Crippen molar-refractivity contribution in [1.29, 1.82) is 0 Å². The van der Waals surface area contributed by atoms with Gasteiger partial charge in [0.25, 0.3) is 0 Å². The highest BCUT2D eigenvalue weighted by molar-refractivity contribution is 5.76. The lowest BCUT2D eigenvalue weighted by atomic mass is 9.58. The van der Waals surface area contributed by atoms with E-state index in [1.807, 2.05) is 7.11 Å². The molecular formula is C25H36O. The summed E-state index contributed by atoms with van der Waals surface area (Å²) in [6, 6.07) is 7.25. The fourth-order valence-electron chi connectivity index (χ4n) is 4.50. The van der Waals surface area contributed by atoms with Gasteiger partial charge in [-0.1, -0.05) is 84.9 Å². The average molecular weight is 353 g/mol. The molecule has 3 aliphatic rings. The van der Waals surface area contributed by atoms with Crippen molar-refractivity contribution in [3.8, 4) is 0 Å². The van der Waals surface area contributed by atoms with E-state index in [2.05, 4.69) is 91.8 Å². The fraction of sp³-hybridized carbons (Fsp3) is 0.600. The van der Waals surface area contributed by atoms with Gasteiger partial charge < -0.3 is 4.74 Å². The fourth-order valence-corrected chi connectivity index (χ4v) is 4.50. The van der Waals surface area contributed by atoms with Crippen LogP contribution < -0.4 is 0 Å². The zero-order valence-corrected chi connectivity index (χ0v) is 18.2. The summed E-state index contributed by atoms with van der Waals surface area (Å²) >= 11 is 0. The van der Waals surface area contributed by atoms with Gasteiger partial charge in [0.15, 0.2) is 0 Å². The van der Waals surface area contributed by atoms with Crippen molar-refractivity contribution in [2.75, 3.05) is 7.11 Å². The summed E-state index contributed by atoms with van der Waals surface area (Å²) < 4.78 is 5.92. The zero-order valence-electron chi connectivity index (χ0n) is 18.2. The molecule has 0 spiro atoms. The van der Waals surface area contributed by atoms with Crippen LogP contribution in [-0.2, 0) is 15.6 Å². The van der Waals surface area contributed by atoms with Gasteiger partial charge in [-0.25, -0.2) is 0 Å². The van der Waals surface area contributed by atoms with Crippen LogP contribution in [0, 0.1) is 11.3 Å². The van der Waals surface area contributed by atoms with Crippen LogP contribution in [0.15, 0.2) is 36.4 Å². The summed E-state index contributed by atoms with van der Waals surface area (Å²) in [6.07, 6.45) is 8.25. The van der Waals surface area contributed by atoms with Gasteiger partial charge in [-0.15, -0.1) is 0 Å². The molecule has 0 fully saturated rings. The third kappa shape index (κ3) is 3.20. The number of benzene rings is 1. The van der Waals surface area contributed by atoms with E-state index in [0.29, 0.717) is 5.92 Å². The van der Waals surface area contributed by atoms with Crippen molar-refractivity contribution >= 4 is 5.57 Å². The first kappa shape index (κ1) is 19.4. The molecule has 0 aromatic heterocycles. The number of methoxy groups -OCH3 is 1. The Morgan fingerprint density at radius 3 is 1.88 bits per heavy atom. The second-order valence-corrected chi connectivity index (χ2v) is 10.9. The number of hydrogen-bond donors (Lipinski definition) is 0. The molecule has 0 aliphatic heterocycles. The Morgan fingerprint density at radius 1 is 0.923 bits per heavy atom. The highest BCUT2D eigenvalue weighted by Crippen LogP contribution is 2.55. The van der Waals surface area contributed by atoms with Crippen molar-refractivity contribution in [3.63, 3.8) is 0 Å². The molecule has 1 aromatic carbocycles. The number of rotatable bonds is 2. The minimum atomic E-state index is -0.0957. The molecule has 2 bridgehead atoms. The van der Waals surface area contributed by atoms with Gasteiger partial charge in [0.1, 0.15) is 0 Å². The third-order valence-electron chi connectivity index (χ3n) is 6.50. The number of ether oxygens (including phenoxy) is 1. The van der Waals surface area contributed by atoms with Crippen LogP contribution in [0.4, 0.5) is 0 Å². The Labute approximate surface area is 160 Å². The second-order valence-electron chi connectivity index (χ2n) is 10.9. The third-order valence-corrected chi connectivity index (χ3v) is 6.50. The Hall–Kier alpha value is -1.34. The maximum atomic E-state index is 5.92. The monoisotopic (exact) mass is 352 g/mol. The molecular weight excluding hydrogens is 316 g/mol. The first-order chi connectivity index (χ1) is 11.8. The molecule has 0 saturated heterocycles. The summed E-state index contributed by atoms with van der Waals surface area (Å²) in [5.41, 5.74) is 5.92. The van der Waals surface area contributed by atoms with Gasteiger partial charge >= 0.3 is 0 Å². The summed E-state index contributed by atoms with van der Waals surface area (Å²) in [6.45, 7) is 18.5. The van der Waals surface area contributed by atoms with Crippen LogP contribution in [0.3, 0.4) is 0 Å². The number of fused-ring (bicyclic) bond motifs is 1. The Morgan fingerprint density at radius 2 is 1.46 bits per heavy atom. The minimum Gasteiger partial charge on any atom is -0.378 e. The second kappa shape index (κ2) is 5.83. The van der Waals surface area contributed by atoms with Crippen molar-refractivity contribution in [2.45, 2.75) is 78.2 Å². The zero-order chi connectivity index (χ0) is 19.5. The highest BCUT2D eigenvalue weighted by atomic mass is 16.5. The molecule has 0 saturated carbocycles. The summed E-state index contributed by atoms with van der Waals surface area (Å²) in [5.74, 6) is 0.348. The molecule has 1 nitrogen and oxygen atoms in total. The van der Waals surface area contributed by atoms with E-state index >= 15 is 0 Å². The van der Waals surface area contributed by atoms with Gasteiger partial charge in [-0.2, -0.15) is 0 Å². The predicted molar refractivity (Wildman–Crippen MR) is 113 cm³/mol. The molecule has 3 aliphatic carbocycles. The Balaban J connectivity index is 2.17. The largest absolute Gasteiger partial charge is 0.378 e. The van der Waals surface area contributed by atoms with Crippen LogP contribution in [-0.4, -0.2) is 12.7 Å². The van der Waals surface area contributed by atoms with Crippen LogP contribution in [0.1, 0.15) is 78.5 Å². The van der Waals surface area contributed by atoms with E-state index in [-0.39, 0.29) is 21.8 Å². The van der Waals surface area contributed by atoms with E-state index in [9.17, 15) is 0 Å². The highest BCUT2D eigenvalue weighted by Gasteiger charge is 2.48. The molecule has 1 aromatic rings. The lowest BCUT2D eigenvalue weighted by molar-refractivity contribution is -0.0461. The van der Waals surface area contributed by atoms with Gasteiger partial charge in [0, 0.05) is 18.4 Å². The van der Waals surface area contributed by atoms with Crippen molar-refractivity contribution in [2.24, 2.45) is 11.3 Å². The average Bonchev–Trinajstić information content (AvgIpc) is 2.52. The Kier molecular flexibility index (Phi) is 4.35. The van der Waals surface area contributed by atoms with Crippen molar-refractivity contribution in [1.82, 2.24) is 0 Å². The molecule has 4 rings (SSSR count). The Bertz CT molecular complexity index is 736. The van der Waals surface area contributed by atoms with Gasteiger partial charge in [0.05, 0.1) is 5.60 Å². The van der Waals surface area contributed by atoms with Crippen LogP contribution in [0.2, 0.25) is 0 Å². The topological polar surface area (TPSA) is 9.23 Å². The molecule has 0 unspecified atom stereocenters. The number of hydrogen-bond acceptors (Lipinski definition) is 1. The maximum Gasteiger partial charge on any atom is 0.0759 e. The molecule has 26 heavy (non-hydrogen) atoms. The molecule has 3 atom stereocenters. The standard InChI is InChI=1S/C25H36O/c1-22(2,3)19-12-17(13-20(14-19)23(4,5)6)21-15-18-10-11-24(21,7)16-25(18,8)26-9/h10-15,18H,16H2,1-9H3/t18-,24-,25-/m1/s1. The normalized spacial score (nSPS) is 31.3. The van der Waals surface area contributed by atoms with E-state index < -0.39 is 0 Å². The molecule has 0 N–H and O–H groups in total. The first-order valence-corrected chi connectivity index (χ1v) is 9.92. The lowest BCUT2D eigenvalue weighted by Crippen LogP contribution is -2.46. The van der Waals surface area contributed by atoms with Gasteiger partial charge in [-0.3, -0.25) is 0 Å². The SMILES string of the molecule is CO[C@]1(C)C[C@@]2(C)C=C[C@@H]1C=C2c1cc(C(C)(C)C)cc(C(C)(C)C)c1. The quantitative estimate of drug-likeness (QED) is 0.540. The first-order valence-electron chi connectivity index (χ1n) is 9.92. The molecule has 0 amide bonds. The molecule has 142 valence electrons. The van der Waals surface area contributed by atoms with Crippen LogP contribution in [0.25, 0.3) is 5.57 Å². The van der Waals surface area contributed by atoms with E-state index in [4.69, 9.17) is 4.74 Å². The number of allylic oxidation sites excluding steroid dienone is 2. The maximum absolute atomic E-state index is 5.92. The van der Waals surface area contributed by atoms with Crippen LogP contribution in [0.5, 0.6) is 0 Å². The van der Waals surface area contributed by atoms with Crippen molar-refractivity contribution in [3.05, 3.63) is 53.1 Å². The summed E-state index contributed by atoms with van der Waals surface area (Å²) in [4.78, 5) is 0. The van der Waals surface area contributed by atoms with Crippen molar-refractivity contribution < 1.29 is 4.74 Å². The van der Waals surface area contributed by atoms with Gasteiger partial charge in [0.2, 0.25) is 0 Å². The smallest absolute Gasteiger partial charge is 0.0759 e. The predicted octanol–water partition coefficient (Wildman–Crippen LogP) is 6.67. The lowest BCUT2D eigenvalue weighted by Gasteiger charge is -2.50. The molecule has 0 radical (unpaired) electrons. The summed E-state index contributed by atoms with van der Waals surface area (Å²) in [5, 5.41) is 0. The van der Waals surface area contributed by atoms with E-state index in [0.717, 1.165) is 6.42 Å². The summed E-state index contributed by atoms with van der Waals surface area (Å²) in [7, 11) is 1.85. The van der Waals surface area contributed by atoms with Gasteiger partial charge in [-0.05, 0) is 46.4 Å². The van der Waals surface area contributed by atoms with Crippen LogP contribution >= 0.6 is 0 Å². The molecule has 0 heterocycles. The van der Waals surface area contributed by atoms with E-state index in [1.54, 1.807) is 0 Å². The minimum absolute atomic E-state index is 0.0329.